The number of aryl methyl sites for hydroxylation is 2. The highest BCUT2D eigenvalue weighted by atomic mass is 127. The Morgan fingerprint density at radius 1 is 1.19 bits per heavy atom. The molecular weight excluding hydrogens is 545 g/mol. The van der Waals surface area contributed by atoms with E-state index in [0.29, 0.717) is 28.9 Å². The lowest BCUT2D eigenvalue weighted by Gasteiger charge is -2.19. The third kappa shape index (κ3) is 5.75. The van der Waals surface area contributed by atoms with E-state index in [-0.39, 0.29) is 5.91 Å². The average molecular weight is 570 g/mol. The van der Waals surface area contributed by atoms with Crippen LogP contribution in [0.4, 0.5) is 5.13 Å². The van der Waals surface area contributed by atoms with Crippen molar-refractivity contribution < 1.29 is 9.53 Å². The van der Waals surface area contributed by atoms with Crippen molar-refractivity contribution >= 4 is 56.6 Å². The van der Waals surface area contributed by atoms with Crippen LogP contribution >= 0.6 is 45.5 Å². The summed E-state index contributed by atoms with van der Waals surface area (Å²) in [6, 6.07) is 11.2. The van der Waals surface area contributed by atoms with E-state index in [1.54, 1.807) is 17.0 Å². The van der Waals surface area contributed by atoms with Crippen molar-refractivity contribution in [2.75, 3.05) is 22.5 Å². The summed E-state index contributed by atoms with van der Waals surface area (Å²) in [5.74, 6) is 0.764. The van der Waals surface area contributed by atoms with Gasteiger partial charge in [0.25, 0.3) is 5.91 Å². The van der Waals surface area contributed by atoms with Crippen LogP contribution in [0.3, 0.4) is 0 Å². The predicted molar refractivity (Wildman–Crippen MR) is 137 cm³/mol. The number of ether oxygens (including phenoxy) is 1. The van der Waals surface area contributed by atoms with Crippen molar-refractivity contribution in [2.45, 2.75) is 33.6 Å². The Labute approximate surface area is 205 Å². The molecule has 0 unspecified atom stereocenters. The van der Waals surface area contributed by atoms with Gasteiger partial charge in [-0.15, -0.1) is 10.2 Å². The standard InChI is InChI=1S/C23H25ClIN3O2S/c1-4-5-11-28(22(29)18-8-6-7-9-19(18)24)23-27-26-21(31-23)17-13-15(2)20(16(3)14-17)30-12-10-25/h6-9,13-14H,4-5,10-12H2,1-3H3. The van der Waals surface area contributed by atoms with Gasteiger partial charge in [-0.25, -0.2) is 0 Å². The topological polar surface area (TPSA) is 55.3 Å². The quantitative estimate of drug-likeness (QED) is 0.212. The summed E-state index contributed by atoms with van der Waals surface area (Å²) in [4.78, 5) is 14.9. The molecule has 1 aromatic heterocycles. The maximum Gasteiger partial charge on any atom is 0.261 e. The number of unbranched alkanes of at least 4 members (excludes halogenated alkanes) is 1. The van der Waals surface area contributed by atoms with Crippen LogP contribution in [0.25, 0.3) is 10.6 Å². The van der Waals surface area contributed by atoms with Crippen LogP contribution in [-0.2, 0) is 0 Å². The number of carbonyl (C=O) groups is 1. The van der Waals surface area contributed by atoms with Crippen molar-refractivity contribution in [2.24, 2.45) is 0 Å². The van der Waals surface area contributed by atoms with Gasteiger partial charge in [-0.05, 0) is 55.7 Å². The Morgan fingerprint density at radius 2 is 1.90 bits per heavy atom. The molecule has 31 heavy (non-hydrogen) atoms. The van der Waals surface area contributed by atoms with Gasteiger partial charge >= 0.3 is 0 Å². The Kier molecular flexibility index (Phi) is 8.68. The largest absolute Gasteiger partial charge is 0.492 e. The first-order valence-electron chi connectivity index (χ1n) is 10.2. The minimum atomic E-state index is -0.156. The Balaban J connectivity index is 1.92. The summed E-state index contributed by atoms with van der Waals surface area (Å²) in [7, 11) is 0. The molecule has 2 aromatic carbocycles. The van der Waals surface area contributed by atoms with Crippen molar-refractivity contribution in [3.8, 4) is 16.3 Å². The average Bonchev–Trinajstić information content (AvgIpc) is 3.23. The Hall–Kier alpha value is -1.71. The molecule has 0 saturated carbocycles. The summed E-state index contributed by atoms with van der Waals surface area (Å²) in [6.45, 7) is 7.42. The fourth-order valence-corrected chi connectivity index (χ4v) is 4.56. The van der Waals surface area contributed by atoms with E-state index in [1.165, 1.54) is 11.3 Å². The highest BCUT2D eigenvalue weighted by Gasteiger charge is 2.23. The third-order valence-corrected chi connectivity index (χ3v) is 6.53. The van der Waals surface area contributed by atoms with Crippen molar-refractivity contribution in [1.82, 2.24) is 10.2 Å². The van der Waals surface area contributed by atoms with E-state index in [4.69, 9.17) is 16.3 Å². The van der Waals surface area contributed by atoms with E-state index in [2.05, 4.69) is 51.8 Å². The lowest BCUT2D eigenvalue weighted by Crippen LogP contribution is -2.32. The van der Waals surface area contributed by atoms with Gasteiger partial charge in [0, 0.05) is 16.5 Å². The van der Waals surface area contributed by atoms with Crippen molar-refractivity contribution in [3.63, 3.8) is 0 Å². The molecule has 0 bridgehead atoms. The van der Waals surface area contributed by atoms with E-state index in [1.807, 2.05) is 26.0 Å². The van der Waals surface area contributed by atoms with E-state index >= 15 is 0 Å². The molecule has 0 spiro atoms. The maximum absolute atomic E-state index is 13.2. The Morgan fingerprint density at radius 3 is 2.55 bits per heavy atom. The number of anilines is 1. The molecule has 1 amide bonds. The molecule has 0 fully saturated rings. The summed E-state index contributed by atoms with van der Waals surface area (Å²) in [5.41, 5.74) is 3.57. The van der Waals surface area contributed by atoms with Crippen LogP contribution in [0.15, 0.2) is 36.4 Å². The fourth-order valence-electron chi connectivity index (χ4n) is 3.26. The summed E-state index contributed by atoms with van der Waals surface area (Å²) in [6.07, 6.45) is 1.83. The van der Waals surface area contributed by atoms with Crippen LogP contribution in [0.5, 0.6) is 5.75 Å². The van der Waals surface area contributed by atoms with Crippen molar-refractivity contribution in [1.29, 1.82) is 0 Å². The normalized spacial score (nSPS) is 10.9. The van der Waals surface area contributed by atoms with E-state index in [0.717, 1.165) is 44.7 Å². The zero-order chi connectivity index (χ0) is 22.4. The fraction of sp³-hybridized carbons (Fsp3) is 0.348. The number of amides is 1. The smallest absolute Gasteiger partial charge is 0.261 e. The molecule has 0 saturated heterocycles. The maximum atomic E-state index is 13.2. The number of benzene rings is 2. The molecule has 0 atom stereocenters. The van der Waals surface area contributed by atoms with Crippen LogP contribution < -0.4 is 9.64 Å². The van der Waals surface area contributed by atoms with Crippen LogP contribution in [0, 0.1) is 13.8 Å². The molecule has 8 heteroatoms. The SMILES string of the molecule is CCCCN(C(=O)c1ccccc1Cl)c1nnc(-c2cc(C)c(OCCI)c(C)c2)s1. The summed E-state index contributed by atoms with van der Waals surface area (Å²) in [5, 5.41) is 10.5. The zero-order valence-corrected chi connectivity index (χ0v) is 21.6. The summed E-state index contributed by atoms with van der Waals surface area (Å²) >= 11 is 9.99. The third-order valence-electron chi connectivity index (χ3n) is 4.76. The number of rotatable bonds is 9. The first-order valence-corrected chi connectivity index (χ1v) is 12.9. The molecule has 5 nitrogen and oxygen atoms in total. The number of hydrogen-bond donors (Lipinski definition) is 0. The van der Waals surface area contributed by atoms with E-state index in [9.17, 15) is 4.79 Å². The minimum absolute atomic E-state index is 0.156. The molecule has 3 rings (SSSR count). The van der Waals surface area contributed by atoms with Gasteiger partial charge in [0.1, 0.15) is 10.8 Å². The molecule has 3 aromatic rings. The van der Waals surface area contributed by atoms with Gasteiger partial charge in [0.05, 0.1) is 17.2 Å². The first kappa shape index (κ1) is 23.9. The van der Waals surface area contributed by atoms with Gasteiger partial charge in [-0.1, -0.05) is 71.0 Å². The van der Waals surface area contributed by atoms with Gasteiger partial charge in [-0.2, -0.15) is 0 Å². The van der Waals surface area contributed by atoms with Crippen molar-refractivity contribution in [3.05, 3.63) is 58.1 Å². The lowest BCUT2D eigenvalue weighted by atomic mass is 10.1. The number of alkyl halides is 1. The number of nitrogens with zero attached hydrogens (tertiary/aromatic N) is 3. The molecule has 0 aliphatic heterocycles. The molecular formula is C23H25ClIN3O2S. The second kappa shape index (κ2) is 11.2. The van der Waals surface area contributed by atoms with E-state index < -0.39 is 0 Å². The summed E-state index contributed by atoms with van der Waals surface area (Å²) < 4.78 is 6.82. The molecule has 0 aliphatic carbocycles. The Bertz CT molecular complexity index is 1030. The molecule has 0 aliphatic rings. The molecule has 0 N–H and O–H groups in total. The number of aromatic nitrogens is 2. The van der Waals surface area contributed by atoms with Gasteiger partial charge in [0.15, 0.2) is 0 Å². The van der Waals surface area contributed by atoms with Gasteiger partial charge < -0.3 is 4.74 Å². The minimum Gasteiger partial charge on any atom is -0.492 e. The van der Waals surface area contributed by atoms with Crippen LogP contribution in [0.1, 0.15) is 41.3 Å². The van der Waals surface area contributed by atoms with Crippen LogP contribution in [-0.4, -0.2) is 33.7 Å². The van der Waals surface area contributed by atoms with Gasteiger partial charge in [0.2, 0.25) is 5.13 Å². The van der Waals surface area contributed by atoms with Gasteiger partial charge in [-0.3, -0.25) is 9.69 Å². The number of hydrogen-bond acceptors (Lipinski definition) is 5. The second-order valence-electron chi connectivity index (χ2n) is 7.16. The first-order chi connectivity index (χ1) is 15.0. The van der Waals surface area contributed by atoms with Crippen LogP contribution in [0.2, 0.25) is 5.02 Å². The highest BCUT2D eigenvalue weighted by molar-refractivity contribution is 14.1. The highest BCUT2D eigenvalue weighted by Crippen LogP contribution is 2.34. The molecule has 164 valence electrons. The zero-order valence-electron chi connectivity index (χ0n) is 17.8. The number of halogens is 2. The second-order valence-corrected chi connectivity index (χ2v) is 9.60. The predicted octanol–water partition coefficient (Wildman–Crippen LogP) is 6.74. The lowest BCUT2D eigenvalue weighted by molar-refractivity contribution is 0.0986. The monoisotopic (exact) mass is 569 g/mol. The molecule has 0 radical (unpaired) electrons. The number of carbonyl (C=O) groups excluding carboxylic acids is 1. The molecule has 1 heterocycles.